The second-order valence-electron chi connectivity index (χ2n) is 3.24. The van der Waals surface area contributed by atoms with E-state index in [0.717, 1.165) is 0 Å². The molecule has 0 heterocycles. The van der Waals surface area contributed by atoms with Crippen molar-refractivity contribution in [3.63, 3.8) is 0 Å². The fourth-order valence-corrected chi connectivity index (χ4v) is 1.17. The summed E-state index contributed by atoms with van der Waals surface area (Å²) in [6, 6.07) is 7.25. The first-order valence-electron chi connectivity index (χ1n) is 4.97. The van der Waals surface area contributed by atoms with Gasteiger partial charge in [-0.05, 0) is 18.6 Å². The van der Waals surface area contributed by atoms with Crippen LogP contribution in [0.1, 0.15) is 13.3 Å². The number of nitrogens with one attached hydrogen (secondary N) is 2. The highest BCUT2D eigenvalue weighted by molar-refractivity contribution is 5.91. The Hall–Kier alpha value is -2.04. The molecule has 0 saturated heterocycles. The van der Waals surface area contributed by atoms with Crippen molar-refractivity contribution in [2.24, 2.45) is 0 Å². The van der Waals surface area contributed by atoms with Gasteiger partial charge in [0, 0.05) is 5.69 Å². The van der Waals surface area contributed by atoms with Gasteiger partial charge >= 0.3 is 6.03 Å². The molecule has 0 spiro atoms. The van der Waals surface area contributed by atoms with E-state index >= 15 is 0 Å². The summed E-state index contributed by atoms with van der Waals surface area (Å²) in [5, 5.41) is 15.4. The molecule has 5 nitrogen and oxygen atoms in total. The lowest BCUT2D eigenvalue weighted by Crippen LogP contribution is -2.48. The molecule has 0 aliphatic rings. The van der Waals surface area contributed by atoms with Crippen LogP contribution < -0.4 is 15.7 Å². The molecule has 0 aliphatic carbocycles. The average Bonchev–Trinajstić information content (AvgIpc) is 2.27. The summed E-state index contributed by atoms with van der Waals surface area (Å²) in [6.07, 6.45) is 0.282. The van der Waals surface area contributed by atoms with Crippen LogP contribution in [0.3, 0.4) is 0 Å². The number of para-hydroxylation sites is 1. The lowest BCUT2D eigenvalue weighted by atomic mass is 10.2. The molecular formula is C11H13N2O3-. The van der Waals surface area contributed by atoms with Crippen molar-refractivity contribution in [1.82, 2.24) is 5.32 Å². The Kier molecular flexibility index (Phi) is 4.32. The van der Waals surface area contributed by atoms with Crippen molar-refractivity contribution in [3.05, 3.63) is 30.3 Å². The van der Waals surface area contributed by atoms with E-state index in [0.29, 0.717) is 5.69 Å². The maximum atomic E-state index is 11.4. The summed E-state index contributed by atoms with van der Waals surface area (Å²) in [5.74, 6) is -1.29. The molecule has 5 heteroatoms. The summed E-state index contributed by atoms with van der Waals surface area (Å²) in [5.41, 5.74) is 0.605. The molecule has 0 saturated carbocycles. The van der Waals surface area contributed by atoms with E-state index in [9.17, 15) is 14.7 Å². The molecule has 1 atom stereocenters. The van der Waals surface area contributed by atoms with Gasteiger partial charge in [-0.25, -0.2) is 4.79 Å². The Labute approximate surface area is 93.5 Å². The lowest BCUT2D eigenvalue weighted by Gasteiger charge is -2.18. The highest BCUT2D eigenvalue weighted by Gasteiger charge is 2.10. The Morgan fingerprint density at radius 1 is 1.31 bits per heavy atom. The van der Waals surface area contributed by atoms with Crippen molar-refractivity contribution in [2.45, 2.75) is 19.4 Å². The van der Waals surface area contributed by atoms with E-state index in [1.165, 1.54) is 0 Å². The van der Waals surface area contributed by atoms with Crippen LogP contribution in [0.25, 0.3) is 0 Å². The molecule has 0 bridgehead atoms. The lowest BCUT2D eigenvalue weighted by molar-refractivity contribution is -0.308. The third kappa shape index (κ3) is 3.61. The molecule has 16 heavy (non-hydrogen) atoms. The van der Waals surface area contributed by atoms with Gasteiger partial charge in [0.05, 0.1) is 12.0 Å². The van der Waals surface area contributed by atoms with Crippen LogP contribution in [0, 0.1) is 0 Å². The van der Waals surface area contributed by atoms with Crippen LogP contribution >= 0.6 is 0 Å². The molecule has 2 N–H and O–H groups in total. The largest absolute Gasteiger partial charge is 0.548 e. The monoisotopic (exact) mass is 221 g/mol. The highest BCUT2D eigenvalue weighted by Crippen LogP contribution is 2.04. The van der Waals surface area contributed by atoms with Crippen LogP contribution in [0.4, 0.5) is 10.5 Å². The standard InChI is InChI=1S/C11H14N2O3/c1-2-9(10(14)15)13-11(16)12-8-6-4-3-5-7-8/h3-7,9H,2H2,1H3,(H,14,15)(H2,12,13,16)/p-1/t9-/m1/s1. The molecule has 0 unspecified atom stereocenters. The highest BCUT2D eigenvalue weighted by atomic mass is 16.4. The van der Waals surface area contributed by atoms with Gasteiger partial charge in [0.1, 0.15) is 0 Å². The molecule has 0 fully saturated rings. The molecule has 1 rings (SSSR count). The van der Waals surface area contributed by atoms with Crippen LogP contribution in [-0.4, -0.2) is 18.0 Å². The van der Waals surface area contributed by atoms with Gasteiger partial charge in [-0.2, -0.15) is 0 Å². The van der Waals surface area contributed by atoms with Gasteiger partial charge in [0.25, 0.3) is 0 Å². The molecule has 0 aliphatic heterocycles. The zero-order valence-corrected chi connectivity index (χ0v) is 8.90. The van der Waals surface area contributed by atoms with E-state index in [4.69, 9.17) is 0 Å². The summed E-state index contributed by atoms with van der Waals surface area (Å²) < 4.78 is 0. The van der Waals surface area contributed by atoms with E-state index < -0.39 is 18.0 Å². The second-order valence-corrected chi connectivity index (χ2v) is 3.24. The third-order valence-electron chi connectivity index (χ3n) is 2.03. The summed E-state index contributed by atoms with van der Waals surface area (Å²) in [6.45, 7) is 1.66. The SMILES string of the molecule is CC[C@@H](NC(=O)Nc1ccccc1)C(=O)[O-]. The summed E-state index contributed by atoms with van der Waals surface area (Å²) >= 11 is 0. The predicted molar refractivity (Wildman–Crippen MR) is 57.7 cm³/mol. The molecular weight excluding hydrogens is 208 g/mol. The fraction of sp³-hybridized carbons (Fsp3) is 0.273. The number of urea groups is 1. The Morgan fingerprint density at radius 3 is 2.44 bits per heavy atom. The number of hydrogen-bond acceptors (Lipinski definition) is 3. The van der Waals surface area contributed by atoms with Gasteiger partial charge < -0.3 is 20.5 Å². The zero-order chi connectivity index (χ0) is 12.0. The maximum absolute atomic E-state index is 11.4. The second kappa shape index (κ2) is 5.75. The molecule has 86 valence electrons. The average molecular weight is 221 g/mol. The van der Waals surface area contributed by atoms with Gasteiger partial charge in [-0.15, -0.1) is 0 Å². The molecule has 1 aromatic rings. The minimum absolute atomic E-state index is 0.282. The van der Waals surface area contributed by atoms with Crippen molar-refractivity contribution >= 4 is 17.7 Å². The number of carboxylic acids is 1. The summed E-state index contributed by atoms with van der Waals surface area (Å²) in [7, 11) is 0. The topological polar surface area (TPSA) is 81.3 Å². The summed E-state index contributed by atoms with van der Waals surface area (Å²) in [4.78, 5) is 21.9. The number of carbonyl (C=O) groups excluding carboxylic acids is 2. The van der Waals surface area contributed by atoms with Crippen LogP contribution in [0.5, 0.6) is 0 Å². The fourth-order valence-electron chi connectivity index (χ4n) is 1.17. The number of benzene rings is 1. The minimum atomic E-state index is -1.29. The van der Waals surface area contributed by atoms with Crippen LogP contribution in [0.2, 0.25) is 0 Å². The van der Waals surface area contributed by atoms with Crippen molar-refractivity contribution in [1.29, 1.82) is 0 Å². The Morgan fingerprint density at radius 2 is 1.94 bits per heavy atom. The first kappa shape index (κ1) is 12.0. The number of hydrogen-bond donors (Lipinski definition) is 2. The number of aliphatic carboxylic acids is 1. The quantitative estimate of drug-likeness (QED) is 0.769. The van der Waals surface area contributed by atoms with E-state index in [-0.39, 0.29) is 6.42 Å². The normalized spacial score (nSPS) is 11.6. The molecule has 2 amide bonds. The number of carboxylic acid groups (broad SMARTS) is 1. The van der Waals surface area contributed by atoms with E-state index in [2.05, 4.69) is 10.6 Å². The first-order valence-corrected chi connectivity index (χ1v) is 4.97. The van der Waals surface area contributed by atoms with Crippen LogP contribution in [-0.2, 0) is 4.79 Å². The molecule has 0 aromatic heterocycles. The third-order valence-corrected chi connectivity index (χ3v) is 2.03. The smallest absolute Gasteiger partial charge is 0.319 e. The first-order chi connectivity index (χ1) is 7.63. The van der Waals surface area contributed by atoms with Crippen molar-refractivity contribution in [3.8, 4) is 0 Å². The van der Waals surface area contributed by atoms with Gasteiger partial charge in [0.2, 0.25) is 0 Å². The number of anilines is 1. The Bertz CT molecular complexity index is 365. The minimum Gasteiger partial charge on any atom is -0.548 e. The zero-order valence-electron chi connectivity index (χ0n) is 8.90. The predicted octanol–water partition coefficient (Wildman–Crippen LogP) is 0.337. The maximum Gasteiger partial charge on any atom is 0.319 e. The molecule has 1 aromatic carbocycles. The molecule has 0 radical (unpaired) electrons. The number of carbonyl (C=O) groups is 2. The van der Waals surface area contributed by atoms with Gasteiger partial charge in [-0.1, -0.05) is 25.1 Å². The van der Waals surface area contributed by atoms with Crippen LogP contribution in [0.15, 0.2) is 30.3 Å². The Balaban J connectivity index is 2.50. The van der Waals surface area contributed by atoms with Gasteiger partial charge in [0.15, 0.2) is 0 Å². The van der Waals surface area contributed by atoms with E-state index in [1.54, 1.807) is 31.2 Å². The number of amides is 2. The van der Waals surface area contributed by atoms with Crippen molar-refractivity contribution < 1.29 is 14.7 Å². The van der Waals surface area contributed by atoms with E-state index in [1.807, 2.05) is 6.07 Å². The van der Waals surface area contributed by atoms with Crippen molar-refractivity contribution in [2.75, 3.05) is 5.32 Å². The van der Waals surface area contributed by atoms with Gasteiger partial charge in [-0.3, -0.25) is 0 Å². The number of rotatable bonds is 4.